The average molecular weight is 415 g/mol. The van der Waals surface area contributed by atoms with Crippen molar-refractivity contribution in [3.8, 4) is 11.5 Å². The molecule has 1 aromatic heterocycles. The van der Waals surface area contributed by atoms with Crippen LogP contribution in [-0.4, -0.2) is 16.2 Å². The van der Waals surface area contributed by atoms with Crippen LogP contribution in [0.5, 0.6) is 11.5 Å². The van der Waals surface area contributed by atoms with Gasteiger partial charge in [0.25, 0.3) is 0 Å². The lowest BCUT2D eigenvalue weighted by Gasteiger charge is -2.20. The van der Waals surface area contributed by atoms with Crippen molar-refractivity contribution in [1.29, 1.82) is 0 Å². The van der Waals surface area contributed by atoms with Crippen LogP contribution in [0.2, 0.25) is 0 Å². The molecule has 1 heterocycles. The molecule has 4 heteroatoms. The number of benzene rings is 3. The van der Waals surface area contributed by atoms with Gasteiger partial charge in [0.2, 0.25) is 0 Å². The van der Waals surface area contributed by atoms with E-state index in [-0.39, 0.29) is 6.10 Å². The van der Waals surface area contributed by atoms with Gasteiger partial charge in [0.15, 0.2) is 11.9 Å². The summed E-state index contributed by atoms with van der Waals surface area (Å²) in [6, 6.07) is 22.7. The first-order valence-corrected chi connectivity index (χ1v) is 10.9. The van der Waals surface area contributed by atoms with Crippen LogP contribution in [-0.2, 0) is 6.54 Å². The van der Waals surface area contributed by atoms with Crippen LogP contribution < -0.4 is 9.47 Å². The van der Waals surface area contributed by atoms with Gasteiger partial charge in [-0.25, -0.2) is 4.98 Å². The Morgan fingerprint density at radius 3 is 2.52 bits per heavy atom. The van der Waals surface area contributed by atoms with E-state index in [9.17, 15) is 0 Å². The Kier molecular flexibility index (Phi) is 6.26. The number of nitrogens with zero attached hydrogens (tertiary/aromatic N) is 2. The van der Waals surface area contributed by atoms with Gasteiger partial charge >= 0.3 is 0 Å². The average Bonchev–Trinajstić information content (AvgIpc) is 3.13. The standard InChI is InChI=1S/C27H30N2O2/c1-5-25(31-22-10-8-9-19(2)17-22)27-28-23-11-6-7-12-24(23)29(27)15-16-30-26-18-20(3)13-14-21(26)4/h6-14,17-18,25H,5,15-16H2,1-4H3. The molecule has 4 nitrogen and oxygen atoms in total. The Labute approximate surface area is 184 Å². The molecule has 0 N–H and O–H groups in total. The molecule has 31 heavy (non-hydrogen) atoms. The Balaban J connectivity index is 1.61. The number of ether oxygens (including phenoxy) is 2. The van der Waals surface area contributed by atoms with Gasteiger partial charge in [-0.2, -0.15) is 0 Å². The monoisotopic (exact) mass is 414 g/mol. The minimum absolute atomic E-state index is 0.130. The van der Waals surface area contributed by atoms with Crippen LogP contribution in [0.4, 0.5) is 0 Å². The molecular formula is C27H30N2O2. The van der Waals surface area contributed by atoms with Crippen molar-refractivity contribution < 1.29 is 9.47 Å². The quantitative estimate of drug-likeness (QED) is 0.327. The molecule has 0 aliphatic carbocycles. The lowest BCUT2D eigenvalue weighted by molar-refractivity contribution is 0.184. The Hall–Kier alpha value is -3.27. The van der Waals surface area contributed by atoms with Crippen molar-refractivity contribution in [3.63, 3.8) is 0 Å². The number of fused-ring (bicyclic) bond motifs is 1. The summed E-state index contributed by atoms with van der Waals surface area (Å²) < 4.78 is 14.8. The molecule has 3 aromatic carbocycles. The predicted molar refractivity (Wildman–Crippen MR) is 126 cm³/mol. The summed E-state index contributed by atoms with van der Waals surface area (Å²) in [7, 11) is 0. The fourth-order valence-electron chi connectivity index (χ4n) is 3.86. The molecule has 4 rings (SSSR count). The van der Waals surface area contributed by atoms with Crippen LogP contribution in [0.3, 0.4) is 0 Å². The lowest BCUT2D eigenvalue weighted by atomic mass is 10.1. The third kappa shape index (κ3) is 4.74. The molecule has 0 aliphatic heterocycles. The van der Waals surface area contributed by atoms with Crippen LogP contribution in [0.1, 0.15) is 42.0 Å². The topological polar surface area (TPSA) is 36.3 Å². The van der Waals surface area contributed by atoms with Crippen molar-refractivity contribution in [3.05, 3.63) is 89.2 Å². The Morgan fingerprint density at radius 1 is 0.903 bits per heavy atom. The minimum atomic E-state index is -0.130. The zero-order valence-corrected chi connectivity index (χ0v) is 18.8. The van der Waals surface area contributed by atoms with Crippen molar-refractivity contribution in [1.82, 2.24) is 9.55 Å². The first-order chi connectivity index (χ1) is 15.0. The molecular weight excluding hydrogens is 384 g/mol. The van der Waals surface area contributed by atoms with E-state index >= 15 is 0 Å². The number of hydrogen-bond donors (Lipinski definition) is 0. The van der Waals surface area contributed by atoms with E-state index in [1.54, 1.807) is 0 Å². The van der Waals surface area contributed by atoms with Crippen LogP contribution in [0.15, 0.2) is 66.7 Å². The Morgan fingerprint density at radius 2 is 1.71 bits per heavy atom. The third-order valence-electron chi connectivity index (χ3n) is 5.53. The maximum Gasteiger partial charge on any atom is 0.156 e. The fourth-order valence-corrected chi connectivity index (χ4v) is 3.86. The zero-order valence-electron chi connectivity index (χ0n) is 18.8. The summed E-state index contributed by atoms with van der Waals surface area (Å²) in [6.07, 6.45) is 0.699. The molecule has 1 unspecified atom stereocenters. The molecule has 1 atom stereocenters. The lowest BCUT2D eigenvalue weighted by Crippen LogP contribution is -2.17. The second-order valence-electron chi connectivity index (χ2n) is 8.06. The fraction of sp³-hybridized carbons (Fsp3) is 0.296. The second-order valence-corrected chi connectivity index (χ2v) is 8.06. The number of para-hydroxylation sites is 2. The van der Waals surface area contributed by atoms with E-state index < -0.39 is 0 Å². The highest BCUT2D eigenvalue weighted by atomic mass is 16.5. The van der Waals surface area contributed by atoms with Crippen LogP contribution >= 0.6 is 0 Å². The second kappa shape index (κ2) is 9.25. The third-order valence-corrected chi connectivity index (χ3v) is 5.53. The smallest absolute Gasteiger partial charge is 0.156 e. The van der Waals surface area contributed by atoms with Gasteiger partial charge in [-0.1, -0.05) is 43.3 Å². The molecule has 0 radical (unpaired) electrons. The highest BCUT2D eigenvalue weighted by molar-refractivity contribution is 5.76. The molecule has 0 saturated carbocycles. The van der Waals surface area contributed by atoms with Crippen molar-refractivity contribution in [2.75, 3.05) is 6.61 Å². The van der Waals surface area contributed by atoms with Gasteiger partial charge in [-0.15, -0.1) is 0 Å². The number of aromatic nitrogens is 2. The summed E-state index contributed by atoms with van der Waals surface area (Å²) in [5, 5.41) is 0. The molecule has 0 spiro atoms. The number of aryl methyl sites for hydroxylation is 3. The van der Waals surface area contributed by atoms with Gasteiger partial charge < -0.3 is 14.0 Å². The minimum Gasteiger partial charge on any atom is -0.491 e. The zero-order chi connectivity index (χ0) is 21.8. The SMILES string of the molecule is CCC(Oc1cccc(C)c1)c1nc2ccccc2n1CCOc1cc(C)ccc1C. The summed E-state index contributed by atoms with van der Waals surface area (Å²) in [4.78, 5) is 4.94. The van der Waals surface area contributed by atoms with E-state index in [0.717, 1.165) is 40.3 Å². The highest BCUT2D eigenvalue weighted by Crippen LogP contribution is 2.28. The van der Waals surface area contributed by atoms with Crippen LogP contribution in [0, 0.1) is 20.8 Å². The van der Waals surface area contributed by atoms with E-state index in [4.69, 9.17) is 14.5 Å². The van der Waals surface area contributed by atoms with Crippen molar-refractivity contribution in [2.24, 2.45) is 0 Å². The van der Waals surface area contributed by atoms with Gasteiger partial charge in [-0.05, 0) is 74.2 Å². The molecule has 0 aliphatic rings. The molecule has 0 fully saturated rings. The summed E-state index contributed by atoms with van der Waals surface area (Å²) in [6.45, 7) is 9.65. The van der Waals surface area contributed by atoms with Crippen molar-refractivity contribution >= 4 is 11.0 Å². The maximum atomic E-state index is 6.38. The number of rotatable bonds is 8. The van der Waals surface area contributed by atoms with Crippen molar-refractivity contribution in [2.45, 2.75) is 46.8 Å². The van der Waals surface area contributed by atoms with Crippen LogP contribution in [0.25, 0.3) is 11.0 Å². The summed E-state index contributed by atoms with van der Waals surface area (Å²) in [5.74, 6) is 2.75. The molecule has 0 amide bonds. The van der Waals surface area contributed by atoms with E-state index in [1.165, 1.54) is 11.1 Å². The largest absolute Gasteiger partial charge is 0.491 e. The van der Waals surface area contributed by atoms with E-state index in [1.807, 2.05) is 18.2 Å². The highest BCUT2D eigenvalue weighted by Gasteiger charge is 2.21. The number of imidazole rings is 1. The Bertz CT molecular complexity index is 1180. The van der Waals surface area contributed by atoms with Gasteiger partial charge in [0.1, 0.15) is 18.1 Å². The van der Waals surface area contributed by atoms with E-state index in [2.05, 4.69) is 80.8 Å². The first kappa shape index (κ1) is 21.0. The van der Waals surface area contributed by atoms with Gasteiger partial charge in [0, 0.05) is 0 Å². The normalized spacial score (nSPS) is 12.1. The number of hydrogen-bond acceptors (Lipinski definition) is 3. The first-order valence-electron chi connectivity index (χ1n) is 10.9. The van der Waals surface area contributed by atoms with E-state index in [0.29, 0.717) is 13.2 Å². The molecule has 0 bridgehead atoms. The van der Waals surface area contributed by atoms with Gasteiger partial charge in [0.05, 0.1) is 17.6 Å². The maximum absolute atomic E-state index is 6.38. The molecule has 4 aromatic rings. The summed E-state index contributed by atoms with van der Waals surface area (Å²) in [5.41, 5.74) is 5.62. The predicted octanol–water partition coefficient (Wildman–Crippen LogP) is 6.57. The van der Waals surface area contributed by atoms with Gasteiger partial charge in [-0.3, -0.25) is 0 Å². The molecule has 0 saturated heterocycles. The molecule has 160 valence electrons. The summed E-state index contributed by atoms with van der Waals surface area (Å²) >= 11 is 0.